The summed E-state index contributed by atoms with van der Waals surface area (Å²) in [5, 5.41) is 0. The van der Waals surface area contributed by atoms with E-state index in [0.29, 0.717) is 29.5 Å². The Balaban J connectivity index is 2.46. The van der Waals surface area contributed by atoms with Crippen molar-refractivity contribution in [1.29, 1.82) is 0 Å². The molecule has 0 radical (unpaired) electrons. The molecule has 0 nitrogen and oxygen atoms in total. The Kier molecular flexibility index (Phi) is 6.53. The van der Waals surface area contributed by atoms with Gasteiger partial charge in [0, 0.05) is 25.0 Å². The molecule has 0 saturated heterocycles. The molecule has 0 fully saturated rings. The van der Waals surface area contributed by atoms with Crippen molar-refractivity contribution in [2.24, 2.45) is 0 Å². The van der Waals surface area contributed by atoms with Crippen molar-refractivity contribution in [3.05, 3.63) is 88.5 Å². The first-order chi connectivity index (χ1) is 12.9. The monoisotopic (exact) mass is 390 g/mol. The van der Waals surface area contributed by atoms with Gasteiger partial charge in [-0.25, -0.2) is 17.6 Å². The molecule has 0 saturated carbocycles. The predicted molar refractivity (Wildman–Crippen MR) is 108 cm³/mol. The zero-order valence-electron chi connectivity index (χ0n) is 16.8. The number of benzene rings is 2. The van der Waals surface area contributed by atoms with Crippen LogP contribution in [0, 0.1) is 13.8 Å². The molecule has 0 atom stereocenters. The van der Waals surface area contributed by atoms with E-state index in [9.17, 15) is 17.6 Å². The van der Waals surface area contributed by atoms with E-state index in [4.69, 9.17) is 0 Å². The maximum Gasteiger partial charge on any atom is 0.270 e. The SMILES string of the molecule is C=C(/C=C(/CCc1ccc(C)cc1)c1cccc(C(C)(F)F)c1C)C(C)(F)F. The lowest BCUT2D eigenvalue weighted by Crippen LogP contribution is -2.12. The fourth-order valence-electron chi connectivity index (χ4n) is 3.11. The molecular formula is C24H26F4. The Morgan fingerprint density at radius 1 is 0.964 bits per heavy atom. The average Bonchev–Trinajstić information content (AvgIpc) is 2.58. The summed E-state index contributed by atoms with van der Waals surface area (Å²) in [6.07, 6.45) is 2.40. The molecule has 150 valence electrons. The summed E-state index contributed by atoms with van der Waals surface area (Å²) in [6, 6.07) is 12.6. The third-order valence-corrected chi connectivity index (χ3v) is 4.87. The number of allylic oxidation sites excluding steroid dienone is 3. The molecule has 2 aromatic rings. The normalized spacial score (nSPS) is 12.9. The molecule has 0 bridgehead atoms. The van der Waals surface area contributed by atoms with Gasteiger partial charge in [-0.1, -0.05) is 54.6 Å². The minimum absolute atomic E-state index is 0.0971. The molecule has 0 aliphatic carbocycles. The molecule has 0 heterocycles. The van der Waals surface area contributed by atoms with Gasteiger partial charge in [0.1, 0.15) is 0 Å². The quantitative estimate of drug-likeness (QED) is 0.336. The summed E-state index contributed by atoms with van der Waals surface area (Å²) >= 11 is 0. The Bertz CT molecular complexity index is 863. The average molecular weight is 390 g/mol. The van der Waals surface area contributed by atoms with Crippen LogP contribution in [0.3, 0.4) is 0 Å². The number of alkyl halides is 4. The lowest BCUT2D eigenvalue weighted by Gasteiger charge is -2.20. The van der Waals surface area contributed by atoms with Crippen LogP contribution >= 0.6 is 0 Å². The molecule has 2 rings (SSSR count). The second-order valence-electron chi connectivity index (χ2n) is 7.44. The molecule has 28 heavy (non-hydrogen) atoms. The fourth-order valence-corrected chi connectivity index (χ4v) is 3.11. The Labute approximate surface area is 164 Å². The van der Waals surface area contributed by atoms with Crippen LogP contribution in [0.1, 0.15) is 48.1 Å². The van der Waals surface area contributed by atoms with Gasteiger partial charge >= 0.3 is 0 Å². The molecule has 2 aromatic carbocycles. The Hall–Kier alpha value is -2.36. The van der Waals surface area contributed by atoms with Gasteiger partial charge in [-0.05, 0) is 55.0 Å². The lowest BCUT2D eigenvalue weighted by molar-refractivity contribution is 0.0168. The van der Waals surface area contributed by atoms with Crippen LogP contribution in [0.15, 0.2) is 60.7 Å². The lowest BCUT2D eigenvalue weighted by atomic mass is 9.89. The standard InChI is InChI=1S/C24H26F4/c1-16-9-11-19(12-10-16)13-14-20(15-17(2)23(4,25)26)21-7-6-8-22(18(21)3)24(5,27)28/h6-12,15H,2,13-14H2,1,3-5H3/b20-15-. The minimum atomic E-state index is -3.07. The summed E-state index contributed by atoms with van der Waals surface area (Å²) in [6.45, 7) is 8.70. The summed E-state index contributed by atoms with van der Waals surface area (Å²) < 4.78 is 55.3. The van der Waals surface area contributed by atoms with Gasteiger partial charge in [0.05, 0.1) is 0 Å². The van der Waals surface area contributed by atoms with Crippen LogP contribution in [0.5, 0.6) is 0 Å². The molecule has 0 spiro atoms. The number of hydrogen-bond acceptors (Lipinski definition) is 0. The van der Waals surface area contributed by atoms with Crippen LogP contribution in [0.4, 0.5) is 17.6 Å². The molecule has 0 unspecified atom stereocenters. The Morgan fingerprint density at radius 3 is 2.11 bits per heavy atom. The van der Waals surface area contributed by atoms with Crippen LogP contribution in [-0.4, -0.2) is 5.92 Å². The van der Waals surface area contributed by atoms with Crippen molar-refractivity contribution in [1.82, 2.24) is 0 Å². The summed E-state index contributed by atoms with van der Waals surface area (Å²) in [5.74, 6) is -6.08. The van der Waals surface area contributed by atoms with Gasteiger partial charge in [-0.2, -0.15) is 0 Å². The maximum absolute atomic E-state index is 13.9. The van der Waals surface area contributed by atoms with Crippen LogP contribution in [-0.2, 0) is 12.3 Å². The van der Waals surface area contributed by atoms with Gasteiger partial charge in [-0.15, -0.1) is 0 Å². The molecule has 0 amide bonds. The predicted octanol–water partition coefficient (Wildman–Crippen LogP) is 7.64. The van der Waals surface area contributed by atoms with Crippen molar-refractivity contribution in [2.45, 2.75) is 52.4 Å². The van der Waals surface area contributed by atoms with Gasteiger partial charge in [0.2, 0.25) is 0 Å². The number of rotatable bonds is 7. The Morgan fingerprint density at radius 2 is 1.57 bits per heavy atom. The van der Waals surface area contributed by atoms with Gasteiger partial charge in [0.15, 0.2) is 0 Å². The fraction of sp³-hybridized carbons (Fsp3) is 0.333. The molecular weight excluding hydrogens is 364 g/mol. The van der Waals surface area contributed by atoms with E-state index in [0.717, 1.165) is 25.0 Å². The zero-order chi connectivity index (χ0) is 21.1. The highest BCUT2D eigenvalue weighted by Gasteiger charge is 2.28. The van der Waals surface area contributed by atoms with Crippen LogP contribution in [0.25, 0.3) is 5.57 Å². The van der Waals surface area contributed by atoms with Crippen molar-refractivity contribution in [3.8, 4) is 0 Å². The first-order valence-electron chi connectivity index (χ1n) is 9.21. The van der Waals surface area contributed by atoms with Crippen molar-refractivity contribution >= 4 is 5.57 Å². The van der Waals surface area contributed by atoms with E-state index in [-0.39, 0.29) is 11.1 Å². The van der Waals surface area contributed by atoms with E-state index >= 15 is 0 Å². The van der Waals surface area contributed by atoms with E-state index in [2.05, 4.69) is 6.58 Å². The third-order valence-electron chi connectivity index (χ3n) is 4.87. The number of halogens is 4. The van der Waals surface area contributed by atoms with E-state index < -0.39 is 11.8 Å². The van der Waals surface area contributed by atoms with Crippen molar-refractivity contribution in [3.63, 3.8) is 0 Å². The maximum atomic E-state index is 13.9. The van der Waals surface area contributed by atoms with E-state index in [1.165, 1.54) is 12.1 Å². The molecule has 4 heteroatoms. The minimum Gasteiger partial charge on any atom is -0.202 e. The highest BCUT2D eigenvalue weighted by Crippen LogP contribution is 2.36. The molecule has 0 N–H and O–H groups in total. The summed E-state index contributed by atoms with van der Waals surface area (Å²) in [5.41, 5.74) is 3.29. The van der Waals surface area contributed by atoms with Gasteiger partial charge < -0.3 is 0 Å². The van der Waals surface area contributed by atoms with Gasteiger partial charge in [0.25, 0.3) is 11.8 Å². The van der Waals surface area contributed by atoms with Crippen molar-refractivity contribution < 1.29 is 17.6 Å². The smallest absolute Gasteiger partial charge is 0.202 e. The molecule has 0 aromatic heterocycles. The number of hydrogen-bond donors (Lipinski definition) is 0. The first-order valence-corrected chi connectivity index (χ1v) is 9.21. The number of aryl methyl sites for hydroxylation is 2. The van der Waals surface area contributed by atoms with E-state index in [1.54, 1.807) is 19.1 Å². The highest BCUT2D eigenvalue weighted by molar-refractivity contribution is 5.72. The first kappa shape index (κ1) is 21.9. The third kappa shape index (κ3) is 5.57. The second kappa shape index (κ2) is 8.34. The summed E-state index contributed by atoms with van der Waals surface area (Å²) in [4.78, 5) is 0. The highest BCUT2D eigenvalue weighted by atomic mass is 19.3. The zero-order valence-corrected chi connectivity index (χ0v) is 16.8. The summed E-state index contributed by atoms with van der Waals surface area (Å²) in [7, 11) is 0. The van der Waals surface area contributed by atoms with E-state index in [1.807, 2.05) is 31.2 Å². The largest absolute Gasteiger partial charge is 0.270 e. The van der Waals surface area contributed by atoms with Gasteiger partial charge in [-0.3, -0.25) is 0 Å². The second-order valence-corrected chi connectivity index (χ2v) is 7.44. The molecule has 0 aliphatic heterocycles. The van der Waals surface area contributed by atoms with Crippen LogP contribution < -0.4 is 0 Å². The molecule has 0 aliphatic rings. The topological polar surface area (TPSA) is 0 Å². The van der Waals surface area contributed by atoms with Crippen molar-refractivity contribution in [2.75, 3.05) is 0 Å². The van der Waals surface area contributed by atoms with Crippen LogP contribution in [0.2, 0.25) is 0 Å².